The summed E-state index contributed by atoms with van der Waals surface area (Å²) in [6, 6.07) is 36.5. The fourth-order valence-corrected chi connectivity index (χ4v) is 9.76. The van der Waals surface area contributed by atoms with Crippen molar-refractivity contribution in [3.05, 3.63) is 262 Å². The molecule has 1 radical (unpaired) electrons. The number of phenolic OH excluding ortho intramolecular Hbond substituents is 2. The number of thiol groups is 1. The largest absolute Gasteiger partial charge is 1.00 e. The Hall–Kier alpha value is -2.48. The van der Waals surface area contributed by atoms with E-state index in [9.17, 15) is 49.9 Å². The van der Waals surface area contributed by atoms with Crippen LogP contribution in [-0.2, 0) is 52.1 Å². The Bertz CT molecular complexity index is 4560. The third-order valence-electron chi connectivity index (χ3n) is 14.0. The summed E-state index contributed by atoms with van der Waals surface area (Å²) in [5, 5.41) is 34.8. The van der Waals surface area contributed by atoms with Crippen molar-refractivity contribution >= 4 is 156 Å². The van der Waals surface area contributed by atoms with E-state index in [0.717, 1.165) is 39.4 Å². The molecule has 1 aliphatic rings. The Morgan fingerprint density at radius 1 is 0.516 bits per heavy atom. The smallest absolute Gasteiger partial charge is 1.00 e. The molecule has 0 atom stereocenters. The number of para-hydroxylation sites is 2. The van der Waals surface area contributed by atoms with Gasteiger partial charge in [-0.25, -0.2) is 45.1 Å². The number of phenols is 2. The number of hydrogen-bond donors (Lipinski definition) is 3. The number of halogens is 13. The van der Waals surface area contributed by atoms with Gasteiger partial charge in [0.15, 0.2) is 86.8 Å². The zero-order valence-corrected chi connectivity index (χ0v) is 92.2. The van der Waals surface area contributed by atoms with Crippen LogP contribution in [-0.4, -0.2) is 115 Å². The quantitative estimate of drug-likeness (QED) is 0.00731. The van der Waals surface area contributed by atoms with Gasteiger partial charge >= 0.3 is 248 Å². The van der Waals surface area contributed by atoms with Crippen LogP contribution in [0.4, 0.5) is 30.7 Å². The van der Waals surface area contributed by atoms with Crippen LogP contribution < -0.4 is 249 Å². The van der Waals surface area contributed by atoms with E-state index in [4.69, 9.17) is 77.7 Å². The summed E-state index contributed by atoms with van der Waals surface area (Å²) in [7, 11) is 11.3. The van der Waals surface area contributed by atoms with Crippen molar-refractivity contribution in [1.82, 2.24) is 0 Å². The number of hydrogen-bond acceptors (Lipinski definition) is 24. The molecule has 0 aromatic heterocycles. The number of aryl methyl sites for hydroxylation is 4. The van der Waals surface area contributed by atoms with Gasteiger partial charge in [0.25, 0.3) is 12.9 Å². The summed E-state index contributed by atoms with van der Waals surface area (Å²) in [4.78, 5) is 71.7. The molecule has 10 rings (SSSR count). The molecule has 663 valence electrons. The Labute approximate surface area is 953 Å². The molecule has 124 heavy (non-hydrogen) atoms. The number of carbonyl (C=O) groups excluding carboxylic acids is 6. The molecular weight excluding hydrogens is 2210 g/mol. The second-order valence-electron chi connectivity index (χ2n) is 21.5. The zero-order chi connectivity index (χ0) is 89.4. The molecule has 1 heterocycles. The van der Waals surface area contributed by atoms with Crippen molar-refractivity contribution < 1.29 is 346 Å². The topological polar surface area (TPSA) is 312 Å². The molecule has 0 unspecified atom stereocenters. The Morgan fingerprint density at radius 3 is 1.28 bits per heavy atom. The fourth-order valence-electron chi connectivity index (χ4n) is 8.66. The van der Waals surface area contributed by atoms with E-state index in [0.29, 0.717) is 54.7 Å². The van der Waals surface area contributed by atoms with Gasteiger partial charge in [-0.2, -0.15) is 0 Å². The van der Waals surface area contributed by atoms with Crippen LogP contribution >= 0.6 is 111 Å². The molecule has 0 saturated heterocycles. The first-order valence-electron chi connectivity index (χ1n) is 32.8. The molecule has 0 saturated carbocycles. The molecule has 42 heteroatoms. The molecule has 0 amide bonds. The summed E-state index contributed by atoms with van der Waals surface area (Å²) in [6.45, 7) is 13.0. The monoisotopic (exact) mass is 2300 g/mol. The molecule has 9 aromatic rings. The van der Waals surface area contributed by atoms with E-state index in [1.165, 1.54) is 96.2 Å². The normalized spacial score (nSPS) is 9.18. The molecule has 1 aliphatic heterocycles. The van der Waals surface area contributed by atoms with Gasteiger partial charge in [-0.3, -0.25) is 14.4 Å². The predicted octanol–water partition coefficient (Wildman–Crippen LogP) is 9.06. The zero-order valence-electron chi connectivity index (χ0n) is 70.7. The molecular formula is C82H94BBr5F7IK4NO22S. The van der Waals surface area contributed by atoms with Crippen LogP contribution in [0.25, 0.3) is 0 Å². The van der Waals surface area contributed by atoms with Gasteiger partial charge < -0.3 is 80.7 Å². The third-order valence-corrected chi connectivity index (χ3v) is 16.3. The number of esters is 3. The molecule has 23 nitrogen and oxygen atoms in total. The van der Waals surface area contributed by atoms with Gasteiger partial charge in [-0.15, -0.1) is 0 Å². The summed E-state index contributed by atoms with van der Waals surface area (Å²) >= 11 is 20.4. The van der Waals surface area contributed by atoms with Crippen molar-refractivity contribution in [2.45, 2.75) is 89.3 Å². The Kier molecular flexibility index (Phi) is 92.7. The van der Waals surface area contributed by atoms with E-state index < -0.39 is 52.8 Å². The first-order valence-corrected chi connectivity index (χ1v) is 41.8. The van der Waals surface area contributed by atoms with E-state index in [2.05, 4.69) is 133 Å². The number of aromatic hydroxyl groups is 2. The molecule has 2 N–H and O–H groups in total. The standard InChI is InChI=1S/C17H17FO4.C15H11FO3.C11H12BrFO3.C11H13FO3.C8H8BrFO.C7H6BrFO.C7H7FO.CH3I.2CH2O3.3CH4.BHNS.Br2.4K.2H/c1-3-21-17(19)14-10-15(18)16(20-2)9-12(14)11-22-13-7-5-4-6-8-13;1-18-14-6-9-8-19-13-5-3-2-4-10(13)15(17)11(9)7-12(14)16;1-3-16-11(14)8-5-9(13)10(15-2)4-7(8)6-12;1-4-15-11(13)8-6-9(12)10(14-3)5-7(8)2;1-5-3-8(11-2)7(10)4-6(5)9;1-4-2-7(10)6(9)3-5(4)8;1-5-2-3-6(8)7(9)4-5;1-2;2*2-1-4-3;;;;1-2-3;1-2;;;;;;/h4-10H,3,11H2,1-2H3;2-7H,8H2,1H3;4-5H,3,6H2,1-2H3;5-6H,4H2,1-3H3;3-4H,1-2H3;2-3,10H,1H3;2-4,9H,1H3;1H3;2*1,3H;3*1H4;3H;;;;;;;/q;;;;;;;;;;;;;;;4*+1;2*-1/p-2. The molecule has 0 fully saturated rings. The minimum atomic E-state index is -0.617. The summed E-state index contributed by atoms with van der Waals surface area (Å²) in [6.07, 6.45) is 0. The van der Waals surface area contributed by atoms with Crippen molar-refractivity contribution in [3.8, 4) is 51.7 Å². The van der Waals surface area contributed by atoms with Gasteiger partial charge in [0.05, 0.1) is 77.6 Å². The van der Waals surface area contributed by atoms with E-state index in [1.807, 2.05) is 30.1 Å². The van der Waals surface area contributed by atoms with E-state index in [-0.39, 0.29) is 345 Å². The van der Waals surface area contributed by atoms with Gasteiger partial charge in [0, 0.05) is 59.2 Å². The maximum atomic E-state index is 13.8. The third kappa shape index (κ3) is 52.7. The summed E-state index contributed by atoms with van der Waals surface area (Å²) in [5.74, 6) is -4.41. The van der Waals surface area contributed by atoms with E-state index in [1.54, 1.807) is 90.1 Å². The second kappa shape index (κ2) is 82.4. The first kappa shape index (κ1) is 139. The first-order chi connectivity index (χ1) is 55.8. The molecule has 0 aliphatic carbocycles. The van der Waals surface area contributed by atoms with Gasteiger partial charge in [-0.05, 0) is 190 Å². The maximum absolute atomic E-state index is 13.8. The number of ether oxygens (including phenoxy) is 10. The number of methoxy groups -OCH3 is 5. The average Bonchev–Trinajstić information content (AvgIpc) is 1.64. The number of ketones is 1. The van der Waals surface area contributed by atoms with E-state index >= 15 is 0 Å². The molecule has 0 bridgehead atoms. The van der Waals surface area contributed by atoms with Crippen LogP contribution in [0.2, 0.25) is 0 Å². The minimum absolute atomic E-state index is 0. The van der Waals surface area contributed by atoms with Gasteiger partial charge in [-0.1, -0.05) is 129 Å². The summed E-state index contributed by atoms with van der Waals surface area (Å²) < 4.78 is 146. The molecule has 0 spiro atoms. The Balaban J connectivity index is -0.000000133. The fraction of sp³-hybridized carbons (Fsp3) is 0.268. The van der Waals surface area contributed by atoms with Crippen molar-refractivity contribution in [2.75, 3.05) is 60.3 Å². The van der Waals surface area contributed by atoms with Crippen LogP contribution in [0.1, 0.15) is 132 Å². The number of fused-ring (bicyclic) bond motifs is 2. The number of nitrogens with zero attached hydrogens (tertiary/aromatic N) is 1. The number of carbonyl (C=O) groups is 6. The molecule has 9 aromatic carbocycles. The number of alkyl halides is 2. The van der Waals surface area contributed by atoms with Gasteiger partial charge in [0.2, 0.25) is 0 Å². The summed E-state index contributed by atoms with van der Waals surface area (Å²) in [5.41, 5.74) is 6.39. The van der Waals surface area contributed by atoms with Crippen LogP contribution in [0.3, 0.4) is 0 Å². The second-order valence-corrected chi connectivity index (χ2v) is 24.0. The SMILES string of the molecule is BrBr.C.C.C.CCOC(=O)c1cc(F)c(OC)cc1C.CCOC(=O)c1cc(F)c(OC)cc1CBr.CCOC(=O)c1cc(F)c(OC)cc1COc1ccccc1.CI.COc1cc(C)c(Br)cc1F.COc1cc2c(cc1F)C(=O)c1ccccc1OC2.Cc1cc(O)c(F)cc1Br.Cc1ccc(F)c(O)c1.O=CO[O-].O=CO[O-].[B]=NS.[H-].[H-].[K+].[K+].[K+].[K+]. The Morgan fingerprint density at radius 2 is 0.871 bits per heavy atom. The minimum Gasteiger partial charge on any atom is -1.00 e. The van der Waals surface area contributed by atoms with Gasteiger partial charge in [0.1, 0.15) is 24.7 Å². The van der Waals surface area contributed by atoms with Crippen LogP contribution in [0.5, 0.6) is 51.7 Å². The van der Waals surface area contributed by atoms with Crippen molar-refractivity contribution in [2.24, 2.45) is 4.30 Å². The number of rotatable bonds is 17. The maximum Gasteiger partial charge on any atom is 1.00 e. The van der Waals surface area contributed by atoms with Crippen molar-refractivity contribution in [1.29, 1.82) is 0 Å². The van der Waals surface area contributed by atoms with Crippen LogP contribution in [0.15, 0.2) is 159 Å². The van der Waals surface area contributed by atoms with Crippen LogP contribution in [0, 0.1) is 68.4 Å². The average molecular weight is 2300 g/mol. The number of benzene rings is 9. The van der Waals surface area contributed by atoms with Crippen molar-refractivity contribution in [3.63, 3.8) is 0 Å². The predicted molar refractivity (Wildman–Crippen MR) is 472 cm³/mol.